The number of aromatic amines is 1. The van der Waals surface area contributed by atoms with Gasteiger partial charge in [-0.2, -0.15) is 10.5 Å². The van der Waals surface area contributed by atoms with Crippen LogP contribution in [0.1, 0.15) is 11.1 Å². The number of fused-ring (bicyclic) bond motifs is 1. The lowest BCUT2D eigenvalue weighted by atomic mass is 10.1. The molecule has 2 N–H and O–H groups in total. The maximum absolute atomic E-state index is 9.45. The van der Waals surface area contributed by atoms with Crippen molar-refractivity contribution in [3.63, 3.8) is 0 Å². The lowest BCUT2D eigenvalue weighted by Gasteiger charge is -2.14. The van der Waals surface area contributed by atoms with Crippen molar-refractivity contribution in [2.45, 2.75) is 0 Å². The van der Waals surface area contributed by atoms with Crippen molar-refractivity contribution in [2.24, 2.45) is 0 Å². The van der Waals surface area contributed by atoms with E-state index in [1.807, 2.05) is 6.07 Å². The molecule has 0 aliphatic rings. The predicted molar refractivity (Wildman–Crippen MR) is 114 cm³/mol. The largest absolute Gasteiger partial charge is 0.493 e. The molecule has 0 saturated carbocycles. The third-order valence-electron chi connectivity index (χ3n) is 4.77. The monoisotopic (exact) mass is 414 g/mol. The fourth-order valence-corrected chi connectivity index (χ4v) is 3.34. The molecular weight excluding hydrogens is 396 g/mol. The summed E-state index contributed by atoms with van der Waals surface area (Å²) in [6.07, 6.45) is 1.58. The van der Waals surface area contributed by atoms with Crippen LogP contribution in [0.3, 0.4) is 0 Å². The summed E-state index contributed by atoms with van der Waals surface area (Å²) in [6, 6.07) is 14.9. The van der Waals surface area contributed by atoms with E-state index in [1.165, 1.54) is 7.11 Å². The molecule has 2 heterocycles. The second-order valence-electron chi connectivity index (χ2n) is 6.50. The molecular formula is C22H18N6O3. The maximum atomic E-state index is 9.45. The number of rotatable bonds is 6. The summed E-state index contributed by atoms with van der Waals surface area (Å²) in [4.78, 5) is 4.69. The van der Waals surface area contributed by atoms with Crippen LogP contribution < -0.4 is 19.5 Å². The van der Waals surface area contributed by atoms with Gasteiger partial charge in [0.05, 0.1) is 33.0 Å². The van der Waals surface area contributed by atoms with E-state index in [4.69, 9.17) is 14.2 Å². The van der Waals surface area contributed by atoms with Gasteiger partial charge in [0.25, 0.3) is 0 Å². The number of nitriles is 2. The molecule has 0 atom stereocenters. The summed E-state index contributed by atoms with van der Waals surface area (Å²) < 4.78 is 18.0. The lowest BCUT2D eigenvalue weighted by Crippen LogP contribution is -1.99. The van der Waals surface area contributed by atoms with Gasteiger partial charge in [0.1, 0.15) is 17.3 Å². The first-order valence-corrected chi connectivity index (χ1v) is 9.21. The third-order valence-corrected chi connectivity index (χ3v) is 4.77. The van der Waals surface area contributed by atoms with Crippen molar-refractivity contribution in [2.75, 3.05) is 26.6 Å². The standard InChI is InChI=1S/C22H18N6O3/c1-29-17-8-14(9-18(30-2)20(17)31-3)19-22(26-16-6-4-5-13(7-16)10-23)28-21(27-19)15(11-24)12-25-28/h4-9,12,25-26H,1-3H3. The molecule has 9 nitrogen and oxygen atoms in total. The van der Waals surface area contributed by atoms with Crippen LogP contribution in [0.5, 0.6) is 17.2 Å². The molecule has 0 aliphatic heterocycles. The Kier molecular flexibility index (Phi) is 5.08. The van der Waals surface area contributed by atoms with Crippen LogP contribution in [-0.4, -0.2) is 35.9 Å². The molecule has 0 aliphatic carbocycles. The number of ether oxygens (including phenoxy) is 3. The normalized spacial score (nSPS) is 10.4. The van der Waals surface area contributed by atoms with Crippen molar-refractivity contribution >= 4 is 17.2 Å². The number of H-pyrrole nitrogens is 1. The molecule has 4 aromatic rings. The average molecular weight is 414 g/mol. The van der Waals surface area contributed by atoms with Crippen LogP contribution in [-0.2, 0) is 0 Å². The zero-order chi connectivity index (χ0) is 22.0. The van der Waals surface area contributed by atoms with Crippen molar-refractivity contribution in [3.05, 3.63) is 53.7 Å². The highest BCUT2D eigenvalue weighted by Crippen LogP contribution is 2.43. The average Bonchev–Trinajstić information content (AvgIpc) is 3.37. The van der Waals surface area contributed by atoms with Gasteiger partial charge in [-0.05, 0) is 30.3 Å². The van der Waals surface area contributed by atoms with Crippen LogP contribution in [0.15, 0.2) is 42.6 Å². The van der Waals surface area contributed by atoms with E-state index in [0.29, 0.717) is 56.8 Å². The highest BCUT2D eigenvalue weighted by atomic mass is 16.5. The second kappa shape index (κ2) is 8.01. The fraction of sp³-hybridized carbons (Fsp3) is 0.136. The molecule has 2 aromatic heterocycles. The van der Waals surface area contributed by atoms with E-state index in [9.17, 15) is 10.5 Å². The number of anilines is 2. The number of hydrogen-bond donors (Lipinski definition) is 2. The lowest BCUT2D eigenvalue weighted by molar-refractivity contribution is 0.324. The summed E-state index contributed by atoms with van der Waals surface area (Å²) in [6.45, 7) is 0. The molecule has 0 bridgehead atoms. The van der Waals surface area contributed by atoms with Crippen LogP contribution in [0.2, 0.25) is 0 Å². The Hall–Kier alpha value is -4.63. The smallest absolute Gasteiger partial charge is 0.203 e. The minimum atomic E-state index is 0.396. The Bertz CT molecular complexity index is 1330. The van der Waals surface area contributed by atoms with Gasteiger partial charge in [-0.15, -0.1) is 0 Å². The molecule has 0 radical (unpaired) electrons. The number of aromatic nitrogens is 3. The van der Waals surface area contributed by atoms with Gasteiger partial charge >= 0.3 is 0 Å². The summed E-state index contributed by atoms with van der Waals surface area (Å²) in [5, 5.41) is 25.0. The SMILES string of the molecule is COc1cc(-c2nc3c(C#N)c[nH]n3c2Nc2cccc(C#N)c2)cc(OC)c1OC. The van der Waals surface area contributed by atoms with Gasteiger partial charge in [-0.3, -0.25) is 5.10 Å². The van der Waals surface area contributed by atoms with Crippen LogP contribution >= 0.6 is 0 Å². The second-order valence-corrected chi connectivity index (χ2v) is 6.50. The molecule has 0 fully saturated rings. The van der Waals surface area contributed by atoms with Crippen LogP contribution in [0.25, 0.3) is 16.9 Å². The maximum Gasteiger partial charge on any atom is 0.203 e. The van der Waals surface area contributed by atoms with Gasteiger partial charge in [0, 0.05) is 17.4 Å². The molecule has 0 saturated heterocycles. The first-order valence-electron chi connectivity index (χ1n) is 9.21. The minimum Gasteiger partial charge on any atom is -0.493 e. The number of imidazole rings is 1. The summed E-state index contributed by atoms with van der Waals surface area (Å²) in [5.74, 6) is 2.01. The van der Waals surface area contributed by atoms with E-state index in [2.05, 4.69) is 27.5 Å². The Morgan fingerprint density at radius 3 is 2.35 bits per heavy atom. The number of benzene rings is 2. The van der Waals surface area contributed by atoms with Gasteiger partial charge in [-0.25, -0.2) is 9.50 Å². The molecule has 4 rings (SSSR count). The van der Waals surface area contributed by atoms with E-state index in [1.54, 1.807) is 55.3 Å². The van der Waals surface area contributed by atoms with E-state index in [0.717, 1.165) is 0 Å². The predicted octanol–water partition coefficient (Wildman–Crippen LogP) is 3.84. The van der Waals surface area contributed by atoms with E-state index < -0.39 is 0 Å². The molecule has 0 spiro atoms. The van der Waals surface area contributed by atoms with Gasteiger partial charge in [0.2, 0.25) is 5.75 Å². The number of methoxy groups -OCH3 is 3. The summed E-state index contributed by atoms with van der Waals surface area (Å²) in [7, 11) is 4.62. The topological polar surface area (TPSA) is 120 Å². The van der Waals surface area contributed by atoms with Crippen LogP contribution in [0, 0.1) is 22.7 Å². The van der Waals surface area contributed by atoms with E-state index >= 15 is 0 Å². The highest BCUT2D eigenvalue weighted by molar-refractivity contribution is 5.83. The Morgan fingerprint density at radius 1 is 1.00 bits per heavy atom. The quantitative estimate of drug-likeness (QED) is 0.492. The summed E-state index contributed by atoms with van der Waals surface area (Å²) in [5.41, 5.74) is 3.32. The summed E-state index contributed by atoms with van der Waals surface area (Å²) >= 11 is 0. The van der Waals surface area contributed by atoms with E-state index in [-0.39, 0.29) is 0 Å². The van der Waals surface area contributed by atoms with Gasteiger partial charge in [0.15, 0.2) is 23.0 Å². The van der Waals surface area contributed by atoms with Gasteiger partial charge < -0.3 is 19.5 Å². The van der Waals surface area contributed by atoms with Crippen molar-refractivity contribution in [1.29, 1.82) is 10.5 Å². The zero-order valence-electron chi connectivity index (χ0n) is 17.1. The van der Waals surface area contributed by atoms with Crippen molar-refractivity contribution in [1.82, 2.24) is 14.6 Å². The molecule has 31 heavy (non-hydrogen) atoms. The fourth-order valence-electron chi connectivity index (χ4n) is 3.34. The Balaban J connectivity index is 1.94. The zero-order valence-corrected chi connectivity index (χ0v) is 17.1. The van der Waals surface area contributed by atoms with Gasteiger partial charge in [-0.1, -0.05) is 6.07 Å². The third kappa shape index (κ3) is 3.34. The number of nitrogens with one attached hydrogen (secondary N) is 2. The molecule has 154 valence electrons. The first kappa shape index (κ1) is 19.7. The number of hydrogen-bond acceptors (Lipinski definition) is 7. The number of nitrogens with zero attached hydrogens (tertiary/aromatic N) is 4. The minimum absolute atomic E-state index is 0.396. The first-order chi connectivity index (χ1) is 15.1. The van der Waals surface area contributed by atoms with Crippen molar-refractivity contribution in [3.8, 4) is 40.6 Å². The molecule has 2 aromatic carbocycles. The highest BCUT2D eigenvalue weighted by Gasteiger charge is 2.22. The molecule has 0 amide bonds. The molecule has 0 unspecified atom stereocenters. The Morgan fingerprint density at radius 2 is 1.74 bits per heavy atom. The molecule has 9 heteroatoms. The Labute approximate surface area is 178 Å². The van der Waals surface area contributed by atoms with Crippen molar-refractivity contribution < 1.29 is 14.2 Å². The van der Waals surface area contributed by atoms with Crippen LogP contribution in [0.4, 0.5) is 11.5 Å².